The van der Waals surface area contributed by atoms with E-state index in [1.54, 1.807) is 0 Å². The van der Waals surface area contributed by atoms with Crippen molar-refractivity contribution in [3.8, 4) is 11.5 Å². The summed E-state index contributed by atoms with van der Waals surface area (Å²) in [6.07, 6.45) is 1.02. The van der Waals surface area contributed by atoms with Gasteiger partial charge in [0.05, 0.1) is 18.9 Å². The third kappa shape index (κ3) is 4.71. The summed E-state index contributed by atoms with van der Waals surface area (Å²) in [5.41, 5.74) is 2.20. The third-order valence-electron chi connectivity index (χ3n) is 3.04. The number of rotatable bonds is 8. The van der Waals surface area contributed by atoms with E-state index in [0.717, 1.165) is 36.8 Å². The zero-order valence-electron chi connectivity index (χ0n) is 12.8. The number of hydrogen-bond acceptors (Lipinski definition) is 3. The van der Waals surface area contributed by atoms with Crippen LogP contribution in [0.25, 0.3) is 0 Å². The lowest BCUT2D eigenvalue weighted by molar-refractivity contribution is 0.317. The van der Waals surface area contributed by atoms with Crippen molar-refractivity contribution in [2.24, 2.45) is 0 Å². The molecular weight excluding hydrogens is 262 g/mol. The molecule has 2 rings (SSSR count). The van der Waals surface area contributed by atoms with Crippen LogP contribution >= 0.6 is 0 Å². The molecule has 3 heteroatoms. The zero-order chi connectivity index (χ0) is 14.9. The first kappa shape index (κ1) is 15.2. The van der Waals surface area contributed by atoms with Crippen LogP contribution in [0.4, 0.5) is 5.69 Å². The fraction of sp³-hybridized carbons (Fsp3) is 0.333. The average molecular weight is 285 g/mol. The van der Waals surface area contributed by atoms with Gasteiger partial charge in [-0.25, -0.2) is 0 Å². The summed E-state index contributed by atoms with van der Waals surface area (Å²) in [6, 6.07) is 16.2. The van der Waals surface area contributed by atoms with E-state index >= 15 is 0 Å². The predicted octanol–water partition coefficient (Wildman–Crippen LogP) is 4.49. The molecule has 2 aromatic carbocycles. The van der Waals surface area contributed by atoms with Crippen LogP contribution in [0.1, 0.15) is 25.8 Å². The molecule has 0 unspecified atom stereocenters. The van der Waals surface area contributed by atoms with Crippen LogP contribution in [-0.2, 0) is 6.54 Å². The summed E-state index contributed by atoms with van der Waals surface area (Å²) < 4.78 is 11.3. The summed E-state index contributed by atoms with van der Waals surface area (Å²) >= 11 is 0. The lowest BCUT2D eigenvalue weighted by Crippen LogP contribution is -2.03. The lowest BCUT2D eigenvalue weighted by atomic mass is 10.2. The van der Waals surface area contributed by atoms with Crippen LogP contribution in [0.15, 0.2) is 48.5 Å². The summed E-state index contributed by atoms with van der Waals surface area (Å²) in [5.74, 6) is 1.81. The molecule has 0 aliphatic carbocycles. The first-order valence-electron chi connectivity index (χ1n) is 7.51. The normalized spacial score (nSPS) is 10.2. The van der Waals surface area contributed by atoms with Crippen LogP contribution in [0.3, 0.4) is 0 Å². The number of anilines is 1. The Morgan fingerprint density at radius 3 is 2.62 bits per heavy atom. The first-order chi connectivity index (χ1) is 10.3. The van der Waals surface area contributed by atoms with E-state index in [2.05, 4.69) is 24.4 Å². The van der Waals surface area contributed by atoms with E-state index in [4.69, 9.17) is 9.47 Å². The molecule has 21 heavy (non-hydrogen) atoms. The monoisotopic (exact) mass is 285 g/mol. The Hall–Kier alpha value is -2.16. The highest BCUT2D eigenvalue weighted by Gasteiger charge is 2.02. The molecule has 0 heterocycles. The molecule has 0 radical (unpaired) electrons. The van der Waals surface area contributed by atoms with Gasteiger partial charge in [0, 0.05) is 6.54 Å². The Balaban J connectivity index is 1.99. The standard InChI is InChI=1S/C18H23NO2/c1-3-12-21-16-9-7-8-15(13-16)14-19-17-10-5-6-11-18(17)20-4-2/h5-11,13,19H,3-4,12,14H2,1-2H3. The first-order valence-corrected chi connectivity index (χ1v) is 7.51. The molecule has 112 valence electrons. The van der Waals surface area contributed by atoms with Crippen molar-refractivity contribution in [1.29, 1.82) is 0 Å². The summed E-state index contributed by atoms with van der Waals surface area (Å²) in [4.78, 5) is 0. The van der Waals surface area contributed by atoms with Crippen LogP contribution in [0, 0.1) is 0 Å². The molecule has 3 nitrogen and oxygen atoms in total. The number of para-hydroxylation sites is 2. The zero-order valence-corrected chi connectivity index (χ0v) is 12.8. The molecule has 0 bridgehead atoms. The second-order valence-corrected chi connectivity index (χ2v) is 4.78. The van der Waals surface area contributed by atoms with E-state index < -0.39 is 0 Å². The van der Waals surface area contributed by atoms with E-state index in [-0.39, 0.29) is 0 Å². The number of benzene rings is 2. The number of hydrogen-bond donors (Lipinski definition) is 1. The number of ether oxygens (including phenoxy) is 2. The molecule has 0 aliphatic heterocycles. The molecule has 1 N–H and O–H groups in total. The van der Waals surface area contributed by atoms with Gasteiger partial charge in [0.25, 0.3) is 0 Å². The van der Waals surface area contributed by atoms with Crippen molar-refractivity contribution in [3.63, 3.8) is 0 Å². The lowest BCUT2D eigenvalue weighted by Gasteiger charge is -2.13. The molecule has 0 spiro atoms. The molecule has 0 saturated carbocycles. The van der Waals surface area contributed by atoms with Crippen molar-refractivity contribution < 1.29 is 9.47 Å². The van der Waals surface area contributed by atoms with Crippen molar-refractivity contribution in [2.45, 2.75) is 26.8 Å². The van der Waals surface area contributed by atoms with Gasteiger partial charge in [-0.2, -0.15) is 0 Å². The smallest absolute Gasteiger partial charge is 0.142 e. The van der Waals surface area contributed by atoms with E-state index in [1.807, 2.05) is 43.3 Å². The molecule has 0 aromatic heterocycles. The van der Waals surface area contributed by atoms with Gasteiger partial charge in [-0.3, -0.25) is 0 Å². The molecule has 0 saturated heterocycles. The summed E-state index contributed by atoms with van der Waals surface area (Å²) in [5, 5.41) is 3.42. The second-order valence-electron chi connectivity index (χ2n) is 4.78. The van der Waals surface area contributed by atoms with Crippen molar-refractivity contribution in [3.05, 3.63) is 54.1 Å². The largest absolute Gasteiger partial charge is 0.494 e. The van der Waals surface area contributed by atoms with Gasteiger partial charge in [-0.15, -0.1) is 0 Å². The Kier molecular flexibility index (Phi) is 5.95. The van der Waals surface area contributed by atoms with Crippen LogP contribution in [0.2, 0.25) is 0 Å². The van der Waals surface area contributed by atoms with Gasteiger partial charge in [0.1, 0.15) is 11.5 Å². The minimum Gasteiger partial charge on any atom is -0.494 e. The topological polar surface area (TPSA) is 30.5 Å². The Morgan fingerprint density at radius 1 is 0.952 bits per heavy atom. The number of nitrogens with one attached hydrogen (secondary N) is 1. The highest BCUT2D eigenvalue weighted by molar-refractivity contribution is 5.56. The van der Waals surface area contributed by atoms with Crippen LogP contribution in [0.5, 0.6) is 11.5 Å². The third-order valence-corrected chi connectivity index (χ3v) is 3.04. The van der Waals surface area contributed by atoms with Crippen LogP contribution in [-0.4, -0.2) is 13.2 Å². The van der Waals surface area contributed by atoms with Gasteiger partial charge in [-0.1, -0.05) is 31.2 Å². The van der Waals surface area contributed by atoms with Gasteiger partial charge < -0.3 is 14.8 Å². The molecular formula is C18H23NO2. The van der Waals surface area contributed by atoms with Crippen LogP contribution < -0.4 is 14.8 Å². The van der Waals surface area contributed by atoms with Gasteiger partial charge in [-0.05, 0) is 43.2 Å². The van der Waals surface area contributed by atoms with E-state index in [1.165, 1.54) is 5.56 Å². The van der Waals surface area contributed by atoms with Crippen molar-refractivity contribution >= 4 is 5.69 Å². The minimum atomic E-state index is 0.666. The maximum Gasteiger partial charge on any atom is 0.142 e. The predicted molar refractivity (Wildman–Crippen MR) is 87.2 cm³/mol. The average Bonchev–Trinajstić information content (AvgIpc) is 2.53. The van der Waals surface area contributed by atoms with Gasteiger partial charge in [0.2, 0.25) is 0 Å². The van der Waals surface area contributed by atoms with Crippen molar-refractivity contribution in [2.75, 3.05) is 18.5 Å². The molecule has 2 aromatic rings. The second kappa shape index (κ2) is 8.20. The SMILES string of the molecule is CCCOc1cccc(CNc2ccccc2OCC)c1. The Labute approximate surface area is 126 Å². The quantitative estimate of drug-likeness (QED) is 0.775. The van der Waals surface area contributed by atoms with Crippen molar-refractivity contribution in [1.82, 2.24) is 0 Å². The van der Waals surface area contributed by atoms with E-state index in [9.17, 15) is 0 Å². The summed E-state index contributed by atoms with van der Waals surface area (Å²) in [6.45, 7) is 6.26. The molecule has 0 amide bonds. The fourth-order valence-corrected chi connectivity index (χ4v) is 2.06. The van der Waals surface area contributed by atoms with Gasteiger partial charge >= 0.3 is 0 Å². The maximum atomic E-state index is 5.66. The fourth-order valence-electron chi connectivity index (χ4n) is 2.06. The highest BCUT2D eigenvalue weighted by atomic mass is 16.5. The molecule has 0 atom stereocenters. The maximum absolute atomic E-state index is 5.66. The van der Waals surface area contributed by atoms with E-state index in [0.29, 0.717) is 6.61 Å². The Bertz CT molecular complexity index is 554. The van der Waals surface area contributed by atoms with Gasteiger partial charge in [0.15, 0.2) is 0 Å². The minimum absolute atomic E-state index is 0.666. The summed E-state index contributed by atoms with van der Waals surface area (Å²) in [7, 11) is 0. The highest BCUT2D eigenvalue weighted by Crippen LogP contribution is 2.24. The molecule has 0 fully saturated rings. The molecule has 0 aliphatic rings. The Morgan fingerprint density at radius 2 is 1.81 bits per heavy atom.